The maximum absolute atomic E-state index is 13.3. The van der Waals surface area contributed by atoms with Gasteiger partial charge in [-0.2, -0.15) is 0 Å². The van der Waals surface area contributed by atoms with E-state index in [1.165, 1.54) is 12.1 Å². The van der Waals surface area contributed by atoms with E-state index in [1.54, 1.807) is 31.3 Å². The van der Waals surface area contributed by atoms with Crippen molar-refractivity contribution in [3.05, 3.63) is 65.4 Å². The average Bonchev–Trinajstić information content (AvgIpc) is 3.10. The van der Waals surface area contributed by atoms with Gasteiger partial charge in [0, 0.05) is 31.2 Å². The van der Waals surface area contributed by atoms with E-state index in [4.69, 9.17) is 4.84 Å². The van der Waals surface area contributed by atoms with Crippen molar-refractivity contribution in [3.63, 3.8) is 0 Å². The van der Waals surface area contributed by atoms with Crippen LogP contribution in [0.4, 0.5) is 4.39 Å². The van der Waals surface area contributed by atoms with Gasteiger partial charge in [0.15, 0.2) is 0 Å². The van der Waals surface area contributed by atoms with Crippen molar-refractivity contribution >= 4 is 16.8 Å². The number of pyridine rings is 1. The van der Waals surface area contributed by atoms with Gasteiger partial charge in [0.05, 0.1) is 24.9 Å². The van der Waals surface area contributed by atoms with E-state index in [-0.39, 0.29) is 18.1 Å². The number of aromatic nitrogens is 2. The van der Waals surface area contributed by atoms with Crippen LogP contribution in [0.2, 0.25) is 0 Å². The maximum Gasteiger partial charge on any atom is 0.293 e. The van der Waals surface area contributed by atoms with Gasteiger partial charge in [-0.3, -0.25) is 14.5 Å². The molecule has 0 fully saturated rings. The zero-order chi connectivity index (χ0) is 22.2. The predicted molar refractivity (Wildman–Crippen MR) is 117 cm³/mol. The molecular formula is C23H29FN4O3. The van der Waals surface area contributed by atoms with Gasteiger partial charge in [-0.05, 0) is 49.2 Å². The molecule has 0 spiro atoms. The second-order valence-corrected chi connectivity index (χ2v) is 7.36. The number of benzene rings is 1. The van der Waals surface area contributed by atoms with Gasteiger partial charge in [-0.1, -0.05) is 19.1 Å². The summed E-state index contributed by atoms with van der Waals surface area (Å²) in [6, 6.07) is 8.17. The highest BCUT2D eigenvalue weighted by Gasteiger charge is 2.16. The van der Waals surface area contributed by atoms with E-state index in [2.05, 4.69) is 26.9 Å². The lowest BCUT2D eigenvalue weighted by Crippen LogP contribution is -2.27. The Labute approximate surface area is 181 Å². The average molecular weight is 429 g/mol. The van der Waals surface area contributed by atoms with Crippen LogP contribution < -0.4 is 5.48 Å². The zero-order valence-electron chi connectivity index (χ0n) is 18.0. The summed E-state index contributed by atoms with van der Waals surface area (Å²) >= 11 is 0. The molecule has 7 nitrogen and oxygen atoms in total. The number of carbonyl (C=O) groups excluding carboxylic acids is 1. The first-order valence-electron chi connectivity index (χ1n) is 10.5. The van der Waals surface area contributed by atoms with Crippen LogP contribution in [-0.2, 0) is 17.9 Å². The number of aliphatic hydroxyl groups is 1. The number of aliphatic hydroxyl groups excluding tert-OH is 1. The lowest BCUT2D eigenvalue weighted by atomic mass is 10.1. The minimum atomic E-state index is -0.401. The molecule has 0 saturated carbocycles. The molecule has 0 aliphatic heterocycles. The molecule has 0 unspecified atom stereocenters. The first-order valence-corrected chi connectivity index (χ1v) is 10.5. The van der Waals surface area contributed by atoms with Gasteiger partial charge in [-0.15, -0.1) is 0 Å². The van der Waals surface area contributed by atoms with Crippen molar-refractivity contribution in [2.45, 2.75) is 33.4 Å². The number of halogens is 1. The van der Waals surface area contributed by atoms with Crippen LogP contribution >= 0.6 is 0 Å². The third kappa shape index (κ3) is 5.88. The zero-order valence-corrected chi connectivity index (χ0v) is 18.0. The Balaban J connectivity index is 1.98. The molecule has 0 bridgehead atoms. The predicted octanol–water partition coefficient (Wildman–Crippen LogP) is 3.11. The molecule has 1 amide bonds. The molecule has 3 aromatic rings. The Morgan fingerprint density at radius 2 is 2.03 bits per heavy atom. The van der Waals surface area contributed by atoms with Crippen molar-refractivity contribution in [2.24, 2.45) is 0 Å². The van der Waals surface area contributed by atoms with Crippen LogP contribution in [0.5, 0.6) is 0 Å². The van der Waals surface area contributed by atoms with E-state index >= 15 is 0 Å². The largest absolute Gasteiger partial charge is 0.395 e. The third-order valence-corrected chi connectivity index (χ3v) is 5.01. The number of hydrogen-bond acceptors (Lipinski definition) is 5. The van der Waals surface area contributed by atoms with Crippen LogP contribution in [0, 0.1) is 5.82 Å². The first-order chi connectivity index (χ1) is 15.0. The fourth-order valence-corrected chi connectivity index (χ4v) is 3.59. The van der Waals surface area contributed by atoms with Gasteiger partial charge in [0.2, 0.25) is 0 Å². The van der Waals surface area contributed by atoms with Crippen molar-refractivity contribution < 1.29 is 19.1 Å². The van der Waals surface area contributed by atoms with E-state index in [1.807, 2.05) is 6.20 Å². The topological polar surface area (TPSA) is 79.6 Å². The quantitative estimate of drug-likeness (QED) is 0.459. The summed E-state index contributed by atoms with van der Waals surface area (Å²) < 4.78 is 15.3. The molecule has 2 aromatic heterocycles. The number of nitrogens with zero attached hydrogens (tertiary/aromatic N) is 3. The molecule has 0 radical (unpaired) electrons. The minimum absolute atomic E-state index is 0.0811. The van der Waals surface area contributed by atoms with E-state index in [0.717, 1.165) is 35.0 Å². The minimum Gasteiger partial charge on any atom is -0.395 e. The van der Waals surface area contributed by atoms with Gasteiger partial charge in [-0.25, -0.2) is 14.9 Å². The summed E-state index contributed by atoms with van der Waals surface area (Å²) in [4.78, 5) is 23.8. The monoisotopic (exact) mass is 428 g/mol. The Morgan fingerprint density at radius 1 is 1.26 bits per heavy atom. The molecule has 2 heterocycles. The molecular weight excluding hydrogens is 399 g/mol. The van der Waals surface area contributed by atoms with Crippen molar-refractivity contribution in [2.75, 3.05) is 26.3 Å². The normalized spacial score (nSPS) is 11.4. The van der Waals surface area contributed by atoms with Crippen LogP contribution in [0.25, 0.3) is 10.9 Å². The lowest BCUT2D eigenvalue weighted by molar-refractivity contribution is 0.0360. The van der Waals surface area contributed by atoms with Crippen LogP contribution in [0.1, 0.15) is 41.9 Å². The fraction of sp³-hybridized carbons (Fsp3) is 0.391. The van der Waals surface area contributed by atoms with Crippen molar-refractivity contribution in [1.82, 2.24) is 19.9 Å². The molecule has 2 N–H and O–H groups in total. The lowest BCUT2D eigenvalue weighted by Gasteiger charge is -2.20. The van der Waals surface area contributed by atoms with Gasteiger partial charge in [0.1, 0.15) is 11.5 Å². The standard InChI is InChI=1S/C23H29FN4O3/c1-3-9-27(10-11-29)15-18-16-28(14-17-5-7-19(24)8-6-17)22-13-25-21(12-20(18)22)23(30)26-31-4-2/h5-8,12-13,16,29H,3-4,9-11,14-15H2,1-2H3,(H,26,30). The fourth-order valence-electron chi connectivity index (χ4n) is 3.59. The maximum atomic E-state index is 13.3. The SMILES string of the molecule is CCCN(CCO)Cc1cn(Cc2ccc(F)cc2)c2cnc(C(=O)NOCC)cc12. The smallest absolute Gasteiger partial charge is 0.293 e. The van der Waals surface area contributed by atoms with E-state index in [9.17, 15) is 14.3 Å². The molecule has 31 heavy (non-hydrogen) atoms. The number of rotatable bonds is 11. The van der Waals surface area contributed by atoms with E-state index < -0.39 is 5.91 Å². The highest BCUT2D eigenvalue weighted by molar-refractivity contribution is 5.96. The summed E-state index contributed by atoms with van der Waals surface area (Å²) in [5.74, 6) is -0.672. The third-order valence-electron chi connectivity index (χ3n) is 5.01. The molecule has 0 saturated heterocycles. The van der Waals surface area contributed by atoms with Crippen molar-refractivity contribution in [3.8, 4) is 0 Å². The molecule has 3 rings (SSSR count). The first kappa shape index (κ1) is 22.9. The molecule has 1 aromatic carbocycles. The Kier molecular flexibility index (Phi) is 8.11. The Bertz CT molecular complexity index is 998. The Morgan fingerprint density at radius 3 is 2.71 bits per heavy atom. The number of fused-ring (bicyclic) bond motifs is 1. The van der Waals surface area contributed by atoms with Crippen molar-refractivity contribution in [1.29, 1.82) is 0 Å². The van der Waals surface area contributed by atoms with Gasteiger partial charge < -0.3 is 9.67 Å². The van der Waals surface area contributed by atoms with E-state index in [0.29, 0.717) is 26.2 Å². The van der Waals surface area contributed by atoms with Crippen LogP contribution in [-0.4, -0.2) is 51.8 Å². The summed E-state index contributed by atoms with van der Waals surface area (Å²) in [5.41, 5.74) is 5.53. The molecule has 166 valence electrons. The second-order valence-electron chi connectivity index (χ2n) is 7.36. The molecule has 0 atom stereocenters. The van der Waals surface area contributed by atoms with Crippen LogP contribution in [0.15, 0.2) is 42.7 Å². The summed E-state index contributed by atoms with van der Waals surface area (Å²) in [5, 5.41) is 10.3. The van der Waals surface area contributed by atoms with Gasteiger partial charge >= 0.3 is 0 Å². The Hall–Kier alpha value is -2.81. The molecule has 0 aliphatic carbocycles. The van der Waals surface area contributed by atoms with Gasteiger partial charge in [0.25, 0.3) is 5.91 Å². The number of nitrogens with one attached hydrogen (secondary N) is 1. The number of amides is 1. The second kappa shape index (κ2) is 11.0. The molecule has 8 heteroatoms. The number of carbonyl (C=O) groups is 1. The number of hydrogen-bond donors (Lipinski definition) is 2. The summed E-state index contributed by atoms with van der Waals surface area (Å²) in [7, 11) is 0. The highest BCUT2D eigenvalue weighted by atomic mass is 19.1. The number of hydroxylamine groups is 1. The van der Waals surface area contributed by atoms with Crippen LogP contribution in [0.3, 0.4) is 0 Å². The summed E-state index contributed by atoms with van der Waals surface area (Å²) in [6.07, 6.45) is 4.69. The summed E-state index contributed by atoms with van der Waals surface area (Å²) in [6.45, 7) is 6.94. The molecule has 0 aliphatic rings. The highest BCUT2D eigenvalue weighted by Crippen LogP contribution is 2.24.